The number of hydrogen-bond acceptors (Lipinski definition) is 3. The summed E-state index contributed by atoms with van der Waals surface area (Å²) in [6.45, 7) is 4.37. The van der Waals surface area contributed by atoms with Gasteiger partial charge in [-0.05, 0) is 55.5 Å². The molecule has 0 heterocycles. The smallest absolute Gasteiger partial charge is 0.240 e. The molecular weight excluding hydrogens is 328 g/mol. The van der Waals surface area contributed by atoms with Crippen molar-refractivity contribution < 1.29 is 14.3 Å². The highest BCUT2D eigenvalue weighted by atomic mass is 16.5. The Morgan fingerprint density at radius 2 is 1.81 bits per heavy atom. The molecule has 1 aliphatic rings. The third kappa shape index (κ3) is 3.57. The van der Waals surface area contributed by atoms with Gasteiger partial charge in [-0.15, -0.1) is 0 Å². The van der Waals surface area contributed by atoms with Gasteiger partial charge in [0.15, 0.2) is 0 Å². The third-order valence-corrected chi connectivity index (χ3v) is 4.92. The number of hydrogen-bond donors (Lipinski definition) is 2. The molecule has 2 N–H and O–H groups in total. The van der Waals surface area contributed by atoms with Gasteiger partial charge in [0.05, 0.1) is 12.8 Å². The van der Waals surface area contributed by atoms with Gasteiger partial charge in [-0.25, -0.2) is 0 Å². The van der Waals surface area contributed by atoms with E-state index in [9.17, 15) is 9.59 Å². The molecule has 5 nitrogen and oxygen atoms in total. The minimum Gasteiger partial charge on any atom is -0.495 e. The highest BCUT2D eigenvalue weighted by Crippen LogP contribution is 2.47. The van der Waals surface area contributed by atoms with E-state index in [0.717, 1.165) is 16.7 Å². The molecule has 0 spiro atoms. The molecule has 2 aromatic rings. The van der Waals surface area contributed by atoms with Gasteiger partial charge in [0.1, 0.15) is 11.2 Å². The Hall–Kier alpha value is -2.82. The first-order chi connectivity index (χ1) is 12.5. The van der Waals surface area contributed by atoms with Gasteiger partial charge >= 0.3 is 0 Å². The molecule has 3 rings (SSSR count). The van der Waals surface area contributed by atoms with Crippen LogP contribution in [-0.2, 0) is 16.1 Å². The van der Waals surface area contributed by atoms with E-state index in [1.807, 2.05) is 56.3 Å². The van der Waals surface area contributed by atoms with Crippen LogP contribution in [0, 0.1) is 19.3 Å². The number of amides is 2. The molecule has 0 unspecified atom stereocenters. The molecule has 2 amide bonds. The zero-order valence-electron chi connectivity index (χ0n) is 15.4. The van der Waals surface area contributed by atoms with Gasteiger partial charge < -0.3 is 15.4 Å². The quantitative estimate of drug-likeness (QED) is 0.784. The van der Waals surface area contributed by atoms with Crippen LogP contribution in [0.2, 0.25) is 0 Å². The van der Waals surface area contributed by atoms with E-state index < -0.39 is 5.41 Å². The number of benzene rings is 2. The maximum atomic E-state index is 12.8. The molecule has 2 aromatic carbocycles. The van der Waals surface area contributed by atoms with Crippen molar-refractivity contribution in [1.29, 1.82) is 0 Å². The third-order valence-electron chi connectivity index (χ3n) is 4.92. The molecule has 1 fully saturated rings. The van der Waals surface area contributed by atoms with Crippen molar-refractivity contribution in [2.24, 2.45) is 5.41 Å². The standard InChI is InChI=1S/C21H24N2O3/c1-14-8-9-18(26-3)17(12-14)23-20(25)21(10-11-21)19(24)22-13-16-7-5-4-6-15(16)2/h4-9,12H,10-11,13H2,1-3H3,(H,22,24)(H,23,25). The normalized spacial score (nSPS) is 14.4. The van der Waals surface area contributed by atoms with Crippen LogP contribution in [0.25, 0.3) is 0 Å². The summed E-state index contributed by atoms with van der Waals surface area (Å²) < 4.78 is 5.30. The van der Waals surface area contributed by atoms with E-state index >= 15 is 0 Å². The van der Waals surface area contributed by atoms with Gasteiger partial charge in [0, 0.05) is 6.54 Å². The van der Waals surface area contributed by atoms with Crippen molar-refractivity contribution >= 4 is 17.5 Å². The lowest BCUT2D eigenvalue weighted by Crippen LogP contribution is -2.39. The van der Waals surface area contributed by atoms with Crippen molar-refractivity contribution in [1.82, 2.24) is 5.32 Å². The number of carbonyl (C=O) groups excluding carboxylic acids is 2. The first-order valence-electron chi connectivity index (χ1n) is 8.75. The van der Waals surface area contributed by atoms with Crippen molar-refractivity contribution in [3.63, 3.8) is 0 Å². The number of rotatable bonds is 6. The Bertz CT molecular complexity index is 841. The van der Waals surface area contributed by atoms with Crippen LogP contribution in [0.15, 0.2) is 42.5 Å². The van der Waals surface area contributed by atoms with Crippen molar-refractivity contribution in [2.45, 2.75) is 33.2 Å². The molecule has 5 heteroatoms. The molecule has 0 atom stereocenters. The van der Waals surface area contributed by atoms with Gasteiger partial charge in [-0.2, -0.15) is 0 Å². The van der Waals surface area contributed by atoms with E-state index in [4.69, 9.17) is 4.74 Å². The fourth-order valence-corrected chi connectivity index (χ4v) is 3.00. The Labute approximate surface area is 153 Å². The monoisotopic (exact) mass is 352 g/mol. The summed E-state index contributed by atoms with van der Waals surface area (Å²) in [5, 5.41) is 5.79. The maximum absolute atomic E-state index is 12.8. The largest absolute Gasteiger partial charge is 0.495 e. The van der Waals surface area contributed by atoms with E-state index in [1.165, 1.54) is 0 Å². The summed E-state index contributed by atoms with van der Waals surface area (Å²) in [5.74, 6) is 0.0913. The number of ether oxygens (including phenoxy) is 1. The van der Waals surface area contributed by atoms with E-state index in [-0.39, 0.29) is 11.8 Å². The van der Waals surface area contributed by atoms with E-state index in [0.29, 0.717) is 30.8 Å². The minimum absolute atomic E-state index is 0.218. The Morgan fingerprint density at radius 1 is 1.08 bits per heavy atom. The second-order valence-electron chi connectivity index (χ2n) is 6.85. The average Bonchev–Trinajstić information content (AvgIpc) is 3.43. The topological polar surface area (TPSA) is 67.4 Å². The zero-order valence-corrected chi connectivity index (χ0v) is 15.4. The van der Waals surface area contributed by atoms with E-state index in [1.54, 1.807) is 7.11 Å². The predicted molar refractivity (Wildman–Crippen MR) is 101 cm³/mol. The number of anilines is 1. The summed E-state index contributed by atoms with van der Waals surface area (Å²) in [6.07, 6.45) is 1.12. The molecular formula is C21H24N2O3. The number of carbonyl (C=O) groups is 2. The van der Waals surface area contributed by atoms with Crippen LogP contribution in [0.1, 0.15) is 29.5 Å². The maximum Gasteiger partial charge on any atom is 0.240 e. The molecule has 1 aliphatic carbocycles. The van der Waals surface area contributed by atoms with Crippen LogP contribution in [0.4, 0.5) is 5.69 Å². The lowest BCUT2D eigenvalue weighted by molar-refractivity contribution is -0.134. The fourth-order valence-electron chi connectivity index (χ4n) is 3.00. The Balaban J connectivity index is 1.68. The molecule has 136 valence electrons. The number of methoxy groups -OCH3 is 1. The Kier molecular flexibility index (Phi) is 4.98. The van der Waals surface area contributed by atoms with Crippen molar-refractivity contribution in [3.8, 4) is 5.75 Å². The van der Waals surface area contributed by atoms with Gasteiger partial charge in [0.25, 0.3) is 0 Å². The van der Waals surface area contributed by atoms with Gasteiger partial charge in [0.2, 0.25) is 11.8 Å². The van der Waals surface area contributed by atoms with Crippen LogP contribution in [-0.4, -0.2) is 18.9 Å². The summed E-state index contributed by atoms with van der Waals surface area (Å²) in [7, 11) is 1.56. The molecule has 0 saturated heterocycles. The van der Waals surface area contributed by atoms with Crippen LogP contribution < -0.4 is 15.4 Å². The lowest BCUT2D eigenvalue weighted by atomic mass is 10.0. The zero-order chi connectivity index (χ0) is 18.7. The van der Waals surface area contributed by atoms with Crippen LogP contribution in [0.5, 0.6) is 5.75 Å². The number of aryl methyl sites for hydroxylation is 2. The second-order valence-corrected chi connectivity index (χ2v) is 6.85. The minimum atomic E-state index is -0.975. The van der Waals surface area contributed by atoms with Gasteiger partial charge in [-0.1, -0.05) is 30.3 Å². The molecule has 1 saturated carbocycles. The summed E-state index contributed by atoms with van der Waals surface area (Å²) in [6, 6.07) is 13.5. The number of nitrogens with one attached hydrogen (secondary N) is 2. The van der Waals surface area contributed by atoms with Crippen molar-refractivity contribution in [2.75, 3.05) is 12.4 Å². The molecule has 0 radical (unpaired) electrons. The van der Waals surface area contributed by atoms with Gasteiger partial charge in [-0.3, -0.25) is 9.59 Å². The summed E-state index contributed by atoms with van der Waals surface area (Å²) in [5.41, 5.74) is 2.80. The first-order valence-corrected chi connectivity index (χ1v) is 8.75. The summed E-state index contributed by atoms with van der Waals surface area (Å²) in [4.78, 5) is 25.4. The SMILES string of the molecule is COc1ccc(C)cc1NC(=O)C1(C(=O)NCc2ccccc2C)CC1. The van der Waals surface area contributed by atoms with E-state index in [2.05, 4.69) is 10.6 Å². The van der Waals surface area contributed by atoms with Crippen molar-refractivity contribution in [3.05, 3.63) is 59.2 Å². The molecule has 0 bridgehead atoms. The Morgan fingerprint density at radius 3 is 2.46 bits per heavy atom. The van der Waals surface area contributed by atoms with Crippen LogP contribution in [0.3, 0.4) is 0 Å². The fraction of sp³-hybridized carbons (Fsp3) is 0.333. The molecule has 0 aliphatic heterocycles. The van der Waals surface area contributed by atoms with Crippen LogP contribution >= 0.6 is 0 Å². The predicted octanol–water partition coefficient (Wildman–Crippen LogP) is 3.35. The lowest BCUT2D eigenvalue weighted by Gasteiger charge is -2.17. The average molecular weight is 352 g/mol. The first kappa shape index (κ1) is 18.0. The molecule has 26 heavy (non-hydrogen) atoms. The summed E-state index contributed by atoms with van der Waals surface area (Å²) >= 11 is 0. The molecule has 0 aromatic heterocycles. The highest BCUT2D eigenvalue weighted by molar-refractivity contribution is 6.13. The highest BCUT2D eigenvalue weighted by Gasteiger charge is 2.56. The second kappa shape index (κ2) is 7.20.